The van der Waals surface area contributed by atoms with Crippen molar-refractivity contribution in [2.75, 3.05) is 18.4 Å². The van der Waals surface area contributed by atoms with Crippen LogP contribution in [0.3, 0.4) is 0 Å². The number of urea groups is 1. The third-order valence-corrected chi connectivity index (χ3v) is 5.40. The highest BCUT2D eigenvalue weighted by atomic mass is 16.4. The Morgan fingerprint density at radius 2 is 2.12 bits per heavy atom. The molecule has 1 aliphatic heterocycles. The normalized spacial score (nSPS) is 25.0. The van der Waals surface area contributed by atoms with Crippen LogP contribution in [-0.4, -0.2) is 40.1 Å². The van der Waals surface area contributed by atoms with E-state index in [1.54, 1.807) is 23.2 Å². The van der Waals surface area contributed by atoms with Gasteiger partial charge in [0.25, 0.3) is 0 Å². The van der Waals surface area contributed by atoms with Crippen LogP contribution in [0.15, 0.2) is 41.1 Å². The summed E-state index contributed by atoms with van der Waals surface area (Å²) < 4.78 is 5.24. The van der Waals surface area contributed by atoms with Crippen LogP contribution in [0.2, 0.25) is 0 Å². The van der Waals surface area contributed by atoms with Crippen molar-refractivity contribution in [3.63, 3.8) is 0 Å². The van der Waals surface area contributed by atoms with Crippen LogP contribution in [0.1, 0.15) is 19.3 Å². The maximum absolute atomic E-state index is 12.5. The summed E-state index contributed by atoms with van der Waals surface area (Å²) in [5.41, 5.74) is 0.719. The van der Waals surface area contributed by atoms with Crippen LogP contribution < -0.4 is 5.32 Å². The quantitative estimate of drug-likeness (QED) is 0.894. The average molecular weight is 341 g/mol. The fourth-order valence-electron chi connectivity index (χ4n) is 4.06. The van der Waals surface area contributed by atoms with Gasteiger partial charge in [0.15, 0.2) is 0 Å². The van der Waals surface area contributed by atoms with Gasteiger partial charge in [-0.15, -0.1) is 0 Å². The molecule has 2 aromatic rings. The van der Waals surface area contributed by atoms with E-state index in [-0.39, 0.29) is 18.5 Å². The minimum atomic E-state index is -0.777. The lowest BCUT2D eigenvalue weighted by Crippen LogP contribution is -2.38. The Labute approximate surface area is 144 Å². The first-order valence-corrected chi connectivity index (χ1v) is 8.38. The maximum Gasteiger partial charge on any atom is 0.321 e. The number of oxazole rings is 1. The number of rotatable bonds is 3. The molecule has 7 nitrogen and oxygen atoms in total. The molecule has 4 rings (SSSR count). The van der Waals surface area contributed by atoms with Crippen molar-refractivity contribution in [2.45, 2.75) is 19.3 Å². The number of aliphatic carboxylic acids is 1. The number of aromatic nitrogens is 1. The third kappa shape index (κ3) is 2.65. The second-order valence-corrected chi connectivity index (χ2v) is 6.78. The predicted octanol–water partition coefficient (Wildman–Crippen LogP) is 3.06. The zero-order valence-electron chi connectivity index (χ0n) is 13.6. The lowest BCUT2D eigenvalue weighted by atomic mass is 9.81. The molecule has 1 aromatic heterocycles. The monoisotopic (exact) mass is 341 g/mol. The number of fused-ring (bicyclic) bond motifs is 1. The number of amides is 2. The summed E-state index contributed by atoms with van der Waals surface area (Å²) in [6, 6.07) is 6.94. The second-order valence-electron chi connectivity index (χ2n) is 6.78. The fourth-order valence-corrected chi connectivity index (χ4v) is 4.06. The van der Waals surface area contributed by atoms with Gasteiger partial charge in [0, 0.05) is 24.3 Å². The number of carboxylic acids is 1. The second kappa shape index (κ2) is 5.91. The Balaban J connectivity index is 1.43. The zero-order valence-corrected chi connectivity index (χ0v) is 13.6. The van der Waals surface area contributed by atoms with Gasteiger partial charge in [-0.05, 0) is 43.0 Å². The molecular formula is C18H19N3O4. The van der Waals surface area contributed by atoms with Gasteiger partial charge in [0.1, 0.15) is 6.26 Å². The van der Waals surface area contributed by atoms with Crippen LogP contribution in [0.4, 0.5) is 10.5 Å². The van der Waals surface area contributed by atoms with Crippen LogP contribution in [0, 0.1) is 11.3 Å². The van der Waals surface area contributed by atoms with Gasteiger partial charge in [-0.1, -0.05) is 6.42 Å². The van der Waals surface area contributed by atoms with Gasteiger partial charge in [-0.2, -0.15) is 0 Å². The zero-order chi connectivity index (χ0) is 17.4. The first kappa shape index (κ1) is 15.7. The number of likely N-dealkylation sites (tertiary alicyclic amines) is 1. The first-order chi connectivity index (χ1) is 12.1. The minimum absolute atomic E-state index is 0.0585. The van der Waals surface area contributed by atoms with Crippen LogP contribution >= 0.6 is 0 Å². The number of carbonyl (C=O) groups excluding carboxylic acids is 1. The molecule has 0 spiro atoms. The van der Waals surface area contributed by atoms with Crippen molar-refractivity contribution in [3.05, 3.63) is 36.7 Å². The topological polar surface area (TPSA) is 95.7 Å². The molecule has 25 heavy (non-hydrogen) atoms. The Morgan fingerprint density at radius 1 is 1.32 bits per heavy atom. The molecule has 1 saturated heterocycles. The highest BCUT2D eigenvalue weighted by molar-refractivity contribution is 5.91. The molecule has 2 aliphatic rings. The molecule has 0 radical (unpaired) electrons. The van der Waals surface area contributed by atoms with Gasteiger partial charge in [0.2, 0.25) is 5.89 Å². The molecule has 1 aliphatic carbocycles. The van der Waals surface area contributed by atoms with Crippen molar-refractivity contribution in [1.82, 2.24) is 9.88 Å². The van der Waals surface area contributed by atoms with Crippen molar-refractivity contribution in [1.29, 1.82) is 0 Å². The van der Waals surface area contributed by atoms with E-state index in [2.05, 4.69) is 10.3 Å². The van der Waals surface area contributed by atoms with Gasteiger partial charge < -0.3 is 19.7 Å². The largest absolute Gasteiger partial charge is 0.481 e. The molecule has 2 N–H and O–H groups in total. The SMILES string of the molecule is O=C(Nc1ccc(-c2ncco2)cc1)N1C[C@@H]2CCC[C@@]2(C(=O)O)C1. The highest BCUT2D eigenvalue weighted by Gasteiger charge is 2.55. The molecule has 2 fully saturated rings. The number of anilines is 1. The summed E-state index contributed by atoms with van der Waals surface area (Å²) in [6.45, 7) is 0.791. The molecule has 130 valence electrons. The van der Waals surface area contributed by atoms with Crippen molar-refractivity contribution < 1.29 is 19.1 Å². The minimum Gasteiger partial charge on any atom is -0.481 e. The average Bonchev–Trinajstić information content (AvgIpc) is 3.31. The molecule has 0 bridgehead atoms. The lowest BCUT2D eigenvalue weighted by molar-refractivity contribution is -0.149. The van der Waals surface area contributed by atoms with Gasteiger partial charge >= 0.3 is 12.0 Å². The molecule has 2 amide bonds. The predicted molar refractivity (Wildman–Crippen MR) is 89.9 cm³/mol. The number of hydrogen-bond donors (Lipinski definition) is 2. The summed E-state index contributed by atoms with van der Waals surface area (Å²) in [4.78, 5) is 29.9. The standard InChI is InChI=1S/C18H19N3O4/c22-16(23)18-7-1-2-13(18)10-21(11-18)17(24)20-14-5-3-12(4-6-14)15-19-8-9-25-15/h3-6,8-9,13H,1-2,7,10-11H2,(H,20,24)(H,22,23)/t13-,18+/m0/s1. The van der Waals surface area contributed by atoms with E-state index in [0.717, 1.165) is 18.4 Å². The fraction of sp³-hybridized carbons (Fsp3) is 0.389. The Bertz CT molecular complexity index is 787. The van der Waals surface area contributed by atoms with Crippen molar-refractivity contribution in [2.24, 2.45) is 11.3 Å². The van der Waals surface area contributed by atoms with E-state index in [9.17, 15) is 14.7 Å². The van der Waals surface area contributed by atoms with E-state index in [1.165, 1.54) is 6.26 Å². The summed E-state index contributed by atoms with van der Waals surface area (Å²) in [6.07, 6.45) is 5.54. The van der Waals surface area contributed by atoms with Crippen LogP contribution in [0.5, 0.6) is 0 Å². The number of hydrogen-bond acceptors (Lipinski definition) is 4. The van der Waals surface area contributed by atoms with Crippen molar-refractivity contribution >= 4 is 17.7 Å². The van der Waals surface area contributed by atoms with E-state index in [0.29, 0.717) is 24.5 Å². The molecule has 2 atom stereocenters. The number of carboxylic acid groups (broad SMARTS) is 1. The maximum atomic E-state index is 12.5. The Kier molecular flexibility index (Phi) is 3.71. The number of nitrogens with zero attached hydrogens (tertiary/aromatic N) is 2. The van der Waals surface area contributed by atoms with Gasteiger partial charge in [-0.3, -0.25) is 4.79 Å². The summed E-state index contributed by atoms with van der Waals surface area (Å²) in [7, 11) is 0. The lowest BCUT2D eigenvalue weighted by Gasteiger charge is -2.23. The highest BCUT2D eigenvalue weighted by Crippen LogP contribution is 2.48. The number of nitrogens with one attached hydrogen (secondary N) is 1. The number of benzene rings is 1. The van der Waals surface area contributed by atoms with Gasteiger partial charge in [0.05, 0.1) is 11.6 Å². The molecule has 2 heterocycles. The molecule has 7 heteroatoms. The first-order valence-electron chi connectivity index (χ1n) is 8.38. The van der Waals surface area contributed by atoms with Gasteiger partial charge in [-0.25, -0.2) is 9.78 Å². The number of carbonyl (C=O) groups is 2. The molecule has 1 saturated carbocycles. The van der Waals surface area contributed by atoms with E-state index in [4.69, 9.17) is 4.42 Å². The summed E-state index contributed by atoms with van der Waals surface area (Å²) in [5, 5.41) is 12.5. The summed E-state index contributed by atoms with van der Waals surface area (Å²) >= 11 is 0. The van der Waals surface area contributed by atoms with Crippen molar-refractivity contribution in [3.8, 4) is 11.5 Å². The van der Waals surface area contributed by atoms with Crippen LogP contribution in [-0.2, 0) is 4.79 Å². The van der Waals surface area contributed by atoms with Crippen LogP contribution in [0.25, 0.3) is 11.5 Å². The van der Waals surface area contributed by atoms with E-state index >= 15 is 0 Å². The smallest absolute Gasteiger partial charge is 0.321 e. The third-order valence-electron chi connectivity index (χ3n) is 5.40. The molecule has 1 aromatic carbocycles. The summed E-state index contributed by atoms with van der Waals surface area (Å²) in [5.74, 6) is -0.197. The Hall–Kier alpha value is -2.83. The van der Waals surface area contributed by atoms with E-state index < -0.39 is 11.4 Å². The Morgan fingerprint density at radius 3 is 2.76 bits per heavy atom. The molecular weight excluding hydrogens is 322 g/mol. The molecule has 0 unspecified atom stereocenters. The van der Waals surface area contributed by atoms with E-state index in [1.807, 2.05) is 12.1 Å².